The van der Waals surface area contributed by atoms with Crippen LogP contribution >= 0.6 is 0 Å². The first-order valence-corrected chi connectivity index (χ1v) is 6.71. The maximum Gasteiger partial charge on any atom is 0.338 e. The van der Waals surface area contributed by atoms with Crippen molar-refractivity contribution in [3.63, 3.8) is 0 Å². The third-order valence-electron chi connectivity index (χ3n) is 3.43. The van der Waals surface area contributed by atoms with Crippen molar-refractivity contribution < 1.29 is 9.53 Å². The molecule has 0 amide bonds. The Morgan fingerprint density at radius 1 is 1.14 bits per heavy atom. The van der Waals surface area contributed by atoms with Crippen molar-refractivity contribution in [3.05, 3.63) is 65.7 Å². The topological polar surface area (TPSA) is 63.0 Å². The number of aromatic nitrogens is 1. The number of esters is 1. The van der Waals surface area contributed by atoms with Crippen LogP contribution in [0, 0.1) is 11.3 Å². The summed E-state index contributed by atoms with van der Waals surface area (Å²) < 4.78 is 4.86. The number of para-hydroxylation sites is 1. The van der Waals surface area contributed by atoms with E-state index in [1.165, 1.54) is 7.11 Å². The molecule has 4 heteroatoms. The largest absolute Gasteiger partial charge is 0.465 e. The van der Waals surface area contributed by atoms with Gasteiger partial charge in [-0.2, -0.15) is 5.26 Å². The molecule has 0 fully saturated rings. The Hall–Kier alpha value is -3.19. The number of methoxy groups -OCH3 is 1. The molecule has 2 aromatic carbocycles. The fourth-order valence-electron chi connectivity index (χ4n) is 2.32. The van der Waals surface area contributed by atoms with Gasteiger partial charge in [-0.25, -0.2) is 9.78 Å². The number of hydrogen-bond acceptors (Lipinski definition) is 4. The molecule has 3 aromatic rings. The second kappa shape index (κ2) is 5.66. The highest BCUT2D eigenvalue weighted by Crippen LogP contribution is 2.25. The van der Waals surface area contributed by atoms with Gasteiger partial charge < -0.3 is 4.74 Å². The molecule has 0 N–H and O–H groups in total. The number of ether oxygens (including phenoxy) is 1. The molecule has 22 heavy (non-hydrogen) atoms. The molecule has 1 heterocycles. The summed E-state index contributed by atoms with van der Waals surface area (Å²) in [6, 6.07) is 18.3. The quantitative estimate of drug-likeness (QED) is 0.676. The predicted molar refractivity (Wildman–Crippen MR) is 83.2 cm³/mol. The molecular formula is C18H12N2O2. The first-order valence-electron chi connectivity index (χ1n) is 6.71. The van der Waals surface area contributed by atoms with Crippen LogP contribution in [0.1, 0.15) is 15.9 Å². The summed E-state index contributed by atoms with van der Waals surface area (Å²) in [5, 5.41) is 9.62. The average Bonchev–Trinajstić information content (AvgIpc) is 2.60. The number of carbonyl (C=O) groups is 1. The Bertz CT molecular complexity index is 893. The van der Waals surface area contributed by atoms with Crippen LogP contribution in [0.4, 0.5) is 0 Å². The summed E-state index contributed by atoms with van der Waals surface area (Å²) in [7, 11) is 1.36. The Morgan fingerprint density at radius 2 is 1.86 bits per heavy atom. The smallest absolute Gasteiger partial charge is 0.338 e. The number of hydrogen-bond donors (Lipinski definition) is 0. The molecule has 0 atom stereocenters. The van der Waals surface area contributed by atoms with Crippen LogP contribution in [0.25, 0.3) is 22.2 Å². The van der Waals surface area contributed by atoms with Crippen LogP contribution in [0.2, 0.25) is 0 Å². The van der Waals surface area contributed by atoms with Gasteiger partial charge in [0, 0.05) is 10.9 Å². The Morgan fingerprint density at radius 3 is 2.55 bits per heavy atom. The van der Waals surface area contributed by atoms with Gasteiger partial charge in [0.15, 0.2) is 0 Å². The van der Waals surface area contributed by atoms with Gasteiger partial charge in [0.1, 0.15) is 0 Å². The fourth-order valence-corrected chi connectivity index (χ4v) is 2.32. The number of carbonyl (C=O) groups excluding carboxylic acids is 1. The lowest BCUT2D eigenvalue weighted by Crippen LogP contribution is -2.03. The summed E-state index contributed by atoms with van der Waals surface area (Å²) in [6.45, 7) is 0. The molecule has 0 saturated carbocycles. The van der Waals surface area contributed by atoms with Crippen molar-refractivity contribution >= 4 is 16.9 Å². The lowest BCUT2D eigenvalue weighted by Gasteiger charge is -2.08. The summed E-state index contributed by atoms with van der Waals surface area (Å²) in [5.74, 6) is -0.395. The van der Waals surface area contributed by atoms with Gasteiger partial charge in [-0.15, -0.1) is 0 Å². The van der Waals surface area contributed by atoms with E-state index in [1.807, 2.05) is 36.4 Å². The molecule has 0 spiro atoms. The molecule has 0 aliphatic heterocycles. The predicted octanol–water partition coefficient (Wildman–Crippen LogP) is 3.56. The molecule has 1 aromatic heterocycles. The van der Waals surface area contributed by atoms with Gasteiger partial charge in [0.05, 0.1) is 35.5 Å². The van der Waals surface area contributed by atoms with Crippen LogP contribution < -0.4 is 0 Å². The van der Waals surface area contributed by atoms with E-state index in [1.54, 1.807) is 18.2 Å². The first kappa shape index (κ1) is 13.8. The molecule has 0 radical (unpaired) electrons. The van der Waals surface area contributed by atoms with Crippen molar-refractivity contribution in [2.45, 2.75) is 0 Å². The van der Waals surface area contributed by atoms with Crippen molar-refractivity contribution in [1.82, 2.24) is 4.98 Å². The highest BCUT2D eigenvalue weighted by molar-refractivity contribution is 6.04. The van der Waals surface area contributed by atoms with Gasteiger partial charge in [0.2, 0.25) is 0 Å². The van der Waals surface area contributed by atoms with E-state index in [2.05, 4.69) is 11.1 Å². The molecule has 4 nitrogen and oxygen atoms in total. The van der Waals surface area contributed by atoms with E-state index in [0.717, 1.165) is 16.5 Å². The van der Waals surface area contributed by atoms with Crippen LogP contribution in [-0.4, -0.2) is 18.1 Å². The zero-order valence-corrected chi connectivity index (χ0v) is 11.9. The molecule has 0 bridgehead atoms. The third kappa shape index (κ3) is 2.40. The van der Waals surface area contributed by atoms with Crippen LogP contribution in [0.5, 0.6) is 0 Å². The maximum absolute atomic E-state index is 12.0. The molecule has 106 valence electrons. The van der Waals surface area contributed by atoms with E-state index >= 15 is 0 Å². The average molecular weight is 288 g/mol. The highest BCUT2D eigenvalue weighted by Gasteiger charge is 2.14. The zero-order chi connectivity index (χ0) is 15.5. The second-order valence-electron chi connectivity index (χ2n) is 4.75. The standard InChI is InChI=1S/C18H12N2O2/c1-22-18(21)15-10-17(13-8-6-12(11-19)7-9-13)20-16-5-3-2-4-14(15)16/h2-10H,1H3. The molecular weight excluding hydrogens is 276 g/mol. The van der Waals surface area contributed by atoms with Crippen molar-refractivity contribution in [1.29, 1.82) is 5.26 Å². The summed E-state index contributed by atoms with van der Waals surface area (Å²) in [5.41, 5.74) is 3.30. The molecule has 3 rings (SSSR count). The number of rotatable bonds is 2. The summed E-state index contributed by atoms with van der Waals surface area (Å²) >= 11 is 0. The first-order chi connectivity index (χ1) is 10.7. The third-order valence-corrected chi connectivity index (χ3v) is 3.43. The van der Waals surface area contributed by atoms with E-state index in [9.17, 15) is 4.79 Å². The van der Waals surface area contributed by atoms with Crippen LogP contribution in [0.15, 0.2) is 54.6 Å². The summed E-state index contributed by atoms with van der Waals surface area (Å²) in [4.78, 5) is 16.6. The Labute approximate surface area is 127 Å². The van der Waals surface area contributed by atoms with E-state index < -0.39 is 5.97 Å². The van der Waals surface area contributed by atoms with E-state index in [4.69, 9.17) is 10.00 Å². The maximum atomic E-state index is 12.0. The highest BCUT2D eigenvalue weighted by atomic mass is 16.5. The number of nitrogens with zero attached hydrogens (tertiary/aromatic N) is 2. The normalized spacial score (nSPS) is 10.2. The lowest BCUT2D eigenvalue weighted by atomic mass is 10.0. The van der Waals surface area contributed by atoms with Gasteiger partial charge in [0.25, 0.3) is 0 Å². The Kier molecular flexibility index (Phi) is 3.55. The molecule has 0 saturated heterocycles. The van der Waals surface area contributed by atoms with Gasteiger partial charge >= 0.3 is 5.97 Å². The SMILES string of the molecule is COC(=O)c1cc(-c2ccc(C#N)cc2)nc2ccccc12. The molecule has 0 aliphatic carbocycles. The minimum atomic E-state index is -0.395. The van der Waals surface area contributed by atoms with Gasteiger partial charge in [-0.3, -0.25) is 0 Å². The minimum absolute atomic E-state index is 0.395. The fraction of sp³-hybridized carbons (Fsp3) is 0.0556. The second-order valence-corrected chi connectivity index (χ2v) is 4.75. The zero-order valence-electron chi connectivity index (χ0n) is 11.9. The summed E-state index contributed by atoms with van der Waals surface area (Å²) in [6.07, 6.45) is 0. The van der Waals surface area contributed by atoms with Crippen molar-refractivity contribution in [3.8, 4) is 17.3 Å². The minimum Gasteiger partial charge on any atom is -0.465 e. The number of fused-ring (bicyclic) bond motifs is 1. The van der Waals surface area contributed by atoms with Crippen molar-refractivity contribution in [2.24, 2.45) is 0 Å². The number of pyridine rings is 1. The van der Waals surface area contributed by atoms with Crippen LogP contribution in [-0.2, 0) is 4.74 Å². The van der Waals surface area contributed by atoms with Gasteiger partial charge in [-0.1, -0.05) is 30.3 Å². The van der Waals surface area contributed by atoms with E-state index in [-0.39, 0.29) is 0 Å². The van der Waals surface area contributed by atoms with Gasteiger partial charge in [-0.05, 0) is 24.3 Å². The van der Waals surface area contributed by atoms with Crippen molar-refractivity contribution in [2.75, 3.05) is 7.11 Å². The number of benzene rings is 2. The van der Waals surface area contributed by atoms with E-state index in [0.29, 0.717) is 16.8 Å². The Balaban J connectivity index is 2.22. The molecule has 0 aliphatic rings. The monoisotopic (exact) mass is 288 g/mol. The molecule has 0 unspecified atom stereocenters. The lowest BCUT2D eigenvalue weighted by molar-refractivity contribution is 0.0603. The number of nitriles is 1. The van der Waals surface area contributed by atoms with Crippen LogP contribution in [0.3, 0.4) is 0 Å².